The van der Waals surface area contributed by atoms with Crippen molar-refractivity contribution in [3.8, 4) is 5.75 Å². The molecule has 0 fully saturated rings. The van der Waals surface area contributed by atoms with Crippen LogP contribution in [0.3, 0.4) is 0 Å². The molecule has 0 aliphatic rings. The number of hydrogen-bond donors (Lipinski definition) is 2. The molecule has 4 nitrogen and oxygen atoms in total. The summed E-state index contributed by atoms with van der Waals surface area (Å²) >= 11 is 3.36. The van der Waals surface area contributed by atoms with E-state index < -0.39 is 0 Å². The van der Waals surface area contributed by atoms with Gasteiger partial charge in [-0.25, -0.2) is 0 Å². The predicted octanol–water partition coefficient (Wildman–Crippen LogP) is 3.29. The van der Waals surface area contributed by atoms with Crippen molar-refractivity contribution in [3.63, 3.8) is 0 Å². The summed E-state index contributed by atoms with van der Waals surface area (Å²) in [5.74, 6) is 0.406. The summed E-state index contributed by atoms with van der Waals surface area (Å²) in [6.45, 7) is 0. The summed E-state index contributed by atoms with van der Waals surface area (Å²) in [5.41, 5.74) is 7.30. The maximum atomic E-state index is 12.1. The molecule has 0 aromatic heterocycles. The molecule has 0 saturated carbocycles. The molecule has 0 aliphatic carbocycles. The van der Waals surface area contributed by atoms with E-state index in [0.29, 0.717) is 22.7 Å². The van der Waals surface area contributed by atoms with E-state index in [1.54, 1.807) is 43.5 Å². The Kier molecular flexibility index (Phi) is 4.06. The van der Waals surface area contributed by atoms with Crippen molar-refractivity contribution in [2.45, 2.75) is 0 Å². The minimum atomic E-state index is -0.252. The van der Waals surface area contributed by atoms with Gasteiger partial charge in [0.15, 0.2) is 0 Å². The SMILES string of the molecule is COc1cc(Br)cc(NC(=O)c2ccccc2N)c1. The topological polar surface area (TPSA) is 64.3 Å². The van der Waals surface area contributed by atoms with Gasteiger partial charge in [0.2, 0.25) is 0 Å². The molecular weight excluding hydrogens is 308 g/mol. The maximum Gasteiger partial charge on any atom is 0.257 e. The molecule has 2 aromatic rings. The highest BCUT2D eigenvalue weighted by Gasteiger charge is 2.10. The molecule has 0 radical (unpaired) electrons. The molecule has 3 N–H and O–H groups in total. The Hall–Kier alpha value is -2.01. The van der Waals surface area contributed by atoms with Gasteiger partial charge >= 0.3 is 0 Å². The number of carbonyl (C=O) groups is 1. The number of hydrogen-bond acceptors (Lipinski definition) is 3. The first kappa shape index (κ1) is 13.4. The van der Waals surface area contributed by atoms with Crippen LogP contribution in [0.4, 0.5) is 11.4 Å². The molecule has 0 spiro atoms. The molecule has 5 heteroatoms. The number of ether oxygens (including phenoxy) is 1. The first-order chi connectivity index (χ1) is 9.10. The lowest BCUT2D eigenvalue weighted by Gasteiger charge is -2.09. The lowest BCUT2D eigenvalue weighted by molar-refractivity contribution is 0.102. The second-order valence-corrected chi connectivity index (χ2v) is 4.84. The first-order valence-electron chi connectivity index (χ1n) is 5.60. The Labute approximate surface area is 119 Å². The van der Waals surface area contributed by atoms with Crippen LogP contribution in [0, 0.1) is 0 Å². The Morgan fingerprint density at radius 2 is 2.00 bits per heavy atom. The van der Waals surface area contributed by atoms with E-state index in [1.165, 1.54) is 0 Å². The van der Waals surface area contributed by atoms with E-state index in [2.05, 4.69) is 21.2 Å². The van der Waals surface area contributed by atoms with Crippen molar-refractivity contribution in [1.82, 2.24) is 0 Å². The fourth-order valence-corrected chi connectivity index (χ4v) is 2.13. The van der Waals surface area contributed by atoms with Crippen LogP contribution in [0.15, 0.2) is 46.9 Å². The molecule has 2 rings (SSSR count). The van der Waals surface area contributed by atoms with Crippen molar-refractivity contribution >= 4 is 33.2 Å². The van der Waals surface area contributed by atoms with Gasteiger partial charge in [0.1, 0.15) is 5.75 Å². The Balaban J connectivity index is 2.24. The second kappa shape index (κ2) is 5.75. The third-order valence-corrected chi connectivity index (χ3v) is 3.03. The number of rotatable bonds is 3. The second-order valence-electron chi connectivity index (χ2n) is 3.92. The van der Waals surface area contributed by atoms with Gasteiger partial charge in [-0.3, -0.25) is 4.79 Å². The zero-order chi connectivity index (χ0) is 13.8. The summed E-state index contributed by atoms with van der Waals surface area (Å²) in [5, 5.41) is 2.79. The zero-order valence-corrected chi connectivity index (χ0v) is 11.9. The van der Waals surface area contributed by atoms with Crippen LogP contribution >= 0.6 is 15.9 Å². The normalized spacial score (nSPS) is 10.0. The molecule has 0 aliphatic heterocycles. The Bertz CT molecular complexity index is 614. The van der Waals surface area contributed by atoms with Gasteiger partial charge in [-0.15, -0.1) is 0 Å². The fraction of sp³-hybridized carbons (Fsp3) is 0.0714. The molecule has 19 heavy (non-hydrogen) atoms. The standard InChI is InChI=1S/C14H13BrN2O2/c1-19-11-7-9(15)6-10(8-11)17-14(18)12-4-2-3-5-13(12)16/h2-8H,16H2,1H3,(H,17,18). The summed E-state index contributed by atoms with van der Waals surface area (Å²) < 4.78 is 5.96. The first-order valence-corrected chi connectivity index (χ1v) is 6.40. The lowest BCUT2D eigenvalue weighted by atomic mass is 10.1. The maximum absolute atomic E-state index is 12.1. The Morgan fingerprint density at radius 1 is 1.26 bits per heavy atom. The quantitative estimate of drug-likeness (QED) is 0.853. The number of nitrogen functional groups attached to an aromatic ring is 1. The fourth-order valence-electron chi connectivity index (χ4n) is 1.65. The average molecular weight is 321 g/mol. The average Bonchev–Trinajstić information content (AvgIpc) is 2.38. The van der Waals surface area contributed by atoms with Crippen LogP contribution in [0.5, 0.6) is 5.75 Å². The molecule has 98 valence electrons. The van der Waals surface area contributed by atoms with Gasteiger partial charge < -0.3 is 15.8 Å². The number of nitrogens with one attached hydrogen (secondary N) is 1. The minimum absolute atomic E-state index is 0.252. The van der Waals surface area contributed by atoms with Crippen molar-refractivity contribution in [1.29, 1.82) is 0 Å². The molecule has 0 atom stereocenters. The van der Waals surface area contributed by atoms with E-state index in [1.807, 2.05) is 6.07 Å². The number of para-hydroxylation sites is 1. The van der Waals surface area contributed by atoms with E-state index in [-0.39, 0.29) is 5.91 Å². The number of benzene rings is 2. The number of halogens is 1. The van der Waals surface area contributed by atoms with Crippen LogP contribution < -0.4 is 15.8 Å². The van der Waals surface area contributed by atoms with Crippen LogP contribution in [-0.4, -0.2) is 13.0 Å². The third kappa shape index (κ3) is 3.26. The molecule has 1 amide bonds. The smallest absolute Gasteiger partial charge is 0.257 e. The molecule has 2 aromatic carbocycles. The van der Waals surface area contributed by atoms with Gasteiger partial charge in [0.25, 0.3) is 5.91 Å². The van der Waals surface area contributed by atoms with Crippen LogP contribution in [-0.2, 0) is 0 Å². The zero-order valence-electron chi connectivity index (χ0n) is 10.3. The molecule has 0 unspecified atom stereocenters. The van der Waals surface area contributed by atoms with Crippen LogP contribution in [0.2, 0.25) is 0 Å². The van der Waals surface area contributed by atoms with E-state index in [4.69, 9.17) is 10.5 Å². The summed E-state index contributed by atoms with van der Waals surface area (Å²) in [4.78, 5) is 12.1. The van der Waals surface area contributed by atoms with Crippen LogP contribution in [0.1, 0.15) is 10.4 Å². The van der Waals surface area contributed by atoms with Gasteiger partial charge in [-0.05, 0) is 24.3 Å². The summed E-state index contributed by atoms with van der Waals surface area (Å²) in [6, 6.07) is 12.3. The predicted molar refractivity (Wildman–Crippen MR) is 79.5 cm³/mol. The van der Waals surface area contributed by atoms with Gasteiger partial charge in [0, 0.05) is 21.9 Å². The highest BCUT2D eigenvalue weighted by molar-refractivity contribution is 9.10. The summed E-state index contributed by atoms with van der Waals surface area (Å²) in [7, 11) is 1.57. The van der Waals surface area contributed by atoms with Gasteiger partial charge in [0.05, 0.1) is 12.7 Å². The van der Waals surface area contributed by atoms with E-state index >= 15 is 0 Å². The van der Waals surface area contributed by atoms with Crippen molar-refractivity contribution < 1.29 is 9.53 Å². The molecule has 0 bridgehead atoms. The van der Waals surface area contributed by atoms with Crippen LogP contribution in [0.25, 0.3) is 0 Å². The molecule has 0 saturated heterocycles. The molecular formula is C14H13BrN2O2. The number of methoxy groups -OCH3 is 1. The van der Waals surface area contributed by atoms with E-state index in [0.717, 1.165) is 4.47 Å². The van der Waals surface area contributed by atoms with E-state index in [9.17, 15) is 4.79 Å². The molecule has 0 heterocycles. The van der Waals surface area contributed by atoms with Crippen molar-refractivity contribution in [2.24, 2.45) is 0 Å². The summed E-state index contributed by atoms with van der Waals surface area (Å²) in [6.07, 6.45) is 0. The Morgan fingerprint density at radius 3 is 2.68 bits per heavy atom. The number of amides is 1. The van der Waals surface area contributed by atoms with Crippen molar-refractivity contribution in [2.75, 3.05) is 18.2 Å². The van der Waals surface area contributed by atoms with Crippen molar-refractivity contribution in [3.05, 3.63) is 52.5 Å². The largest absolute Gasteiger partial charge is 0.497 e. The highest BCUT2D eigenvalue weighted by atomic mass is 79.9. The monoisotopic (exact) mass is 320 g/mol. The third-order valence-electron chi connectivity index (χ3n) is 2.57. The minimum Gasteiger partial charge on any atom is -0.497 e. The number of carbonyl (C=O) groups excluding carboxylic acids is 1. The lowest BCUT2D eigenvalue weighted by Crippen LogP contribution is -2.13. The number of nitrogens with two attached hydrogens (primary N) is 1. The number of anilines is 2. The highest BCUT2D eigenvalue weighted by Crippen LogP contribution is 2.25. The van der Waals surface area contributed by atoms with Gasteiger partial charge in [-0.1, -0.05) is 28.1 Å². The van der Waals surface area contributed by atoms with Gasteiger partial charge in [-0.2, -0.15) is 0 Å².